The number of aromatic nitrogens is 2. The fourth-order valence-corrected chi connectivity index (χ4v) is 2.50. The summed E-state index contributed by atoms with van der Waals surface area (Å²) in [6, 6.07) is 6.33. The highest BCUT2D eigenvalue weighted by Crippen LogP contribution is 2.24. The molecule has 0 bridgehead atoms. The average Bonchev–Trinajstić information content (AvgIpc) is 2.96. The second-order valence-electron chi connectivity index (χ2n) is 3.71. The van der Waals surface area contributed by atoms with Crippen molar-refractivity contribution in [2.24, 2.45) is 7.05 Å². The molecule has 0 fully saturated rings. The first-order valence-corrected chi connectivity index (χ1v) is 6.32. The van der Waals surface area contributed by atoms with E-state index < -0.39 is 0 Å². The number of nitriles is 1. The summed E-state index contributed by atoms with van der Waals surface area (Å²) in [5.74, 6) is 0.977. The minimum atomic E-state index is 0.0725. The number of nitrogens with zero attached hydrogens (tertiary/aromatic N) is 3. The van der Waals surface area contributed by atoms with Crippen LogP contribution in [0.25, 0.3) is 0 Å². The Morgan fingerprint density at radius 1 is 1.65 bits per heavy atom. The molecule has 88 valence electrons. The quantitative estimate of drug-likeness (QED) is 0.822. The highest BCUT2D eigenvalue weighted by atomic mass is 32.1. The third-order valence-electron chi connectivity index (χ3n) is 2.53. The number of thiophene rings is 1. The molecule has 2 aromatic rings. The SMILES string of the molecule is Cn1ccnc1C(NCCC#N)c1cccs1. The Hall–Kier alpha value is -1.64. The van der Waals surface area contributed by atoms with Gasteiger partial charge in [-0.3, -0.25) is 0 Å². The lowest BCUT2D eigenvalue weighted by Gasteiger charge is -2.16. The van der Waals surface area contributed by atoms with Gasteiger partial charge in [0.05, 0.1) is 6.07 Å². The van der Waals surface area contributed by atoms with Crippen LogP contribution >= 0.6 is 11.3 Å². The van der Waals surface area contributed by atoms with Gasteiger partial charge < -0.3 is 9.88 Å². The van der Waals surface area contributed by atoms with Crippen LogP contribution in [0.15, 0.2) is 29.9 Å². The highest BCUT2D eigenvalue weighted by molar-refractivity contribution is 7.10. The van der Waals surface area contributed by atoms with Crippen LogP contribution in [-0.2, 0) is 7.05 Å². The van der Waals surface area contributed by atoms with Crippen molar-refractivity contribution in [3.05, 3.63) is 40.6 Å². The van der Waals surface area contributed by atoms with Crippen molar-refractivity contribution in [1.82, 2.24) is 14.9 Å². The first-order valence-electron chi connectivity index (χ1n) is 5.44. The van der Waals surface area contributed by atoms with Crippen LogP contribution in [0, 0.1) is 11.3 Å². The van der Waals surface area contributed by atoms with E-state index in [4.69, 9.17) is 5.26 Å². The van der Waals surface area contributed by atoms with Gasteiger partial charge >= 0.3 is 0 Å². The van der Waals surface area contributed by atoms with Crippen molar-refractivity contribution in [2.75, 3.05) is 6.54 Å². The monoisotopic (exact) mass is 246 g/mol. The smallest absolute Gasteiger partial charge is 0.131 e. The molecule has 0 aliphatic carbocycles. The van der Waals surface area contributed by atoms with Crippen LogP contribution in [0.5, 0.6) is 0 Å². The zero-order valence-electron chi connectivity index (χ0n) is 9.63. The molecule has 0 spiro atoms. The normalized spacial score (nSPS) is 12.2. The molecule has 2 heterocycles. The Morgan fingerprint density at radius 3 is 3.12 bits per heavy atom. The Kier molecular flexibility index (Phi) is 3.91. The van der Waals surface area contributed by atoms with Crippen molar-refractivity contribution >= 4 is 11.3 Å². The van der Waals surface area contributed by atoms with Crippen molar-refractivity contribution < 1.29 is 0 Å². The molecule has 5 heteroatoms. The summed E-state index contributed by atoms with van der Waals surface area (Å²) in [5, 5.41) is 14.0. The molecular formula is C12H14N4S. The zero-order chi connectivity index (χ0) is 12.1. The molecule has 1 atom stereocenters. The number of imidazole rings is 1. The number of nitrogens with one attached hydrogen (secondary N) is 1. The average molecular weight is 246 g/mol. The molecule has 0 saturated carbocycles. The van der Waals surface area contributed by atoms with Gasteiger partial charge in [-0.05, 0) is 11.4 Å². The summed E-state index contributed by atoms with van der Waals surface area (Å²) in [4.78, 5) is 5.59. The molecule has 17 heavy (non-hydrogen) atoms. The van der Waals surface area contributed by atoms with Gasteiger partial charge in [0.2, 0.25) is 0 Å². The molecule has 2 rings (SSSR count). The number of aryl methyl sites for hydroxylation is 1. The van der Waals surface area contributed by atoms with Crippen LogP contribution in [0.2, 0.25) is 0 Å². The number of hydrogen-bond donors (Lipinski definition) is 1. The summed E-state index contributed by atoms with van der Waals surface area (Å²) >= 11 is 1.70. The minimum Gasteiger partial charge on any atom is -0.336 e. The standard InChI is InChI=1S/C12H14N4S/c1-16-8-7-15-12(16)11(14-6-3-5-13)10-4-2-9-17-10/h2,4,7-9,11,14H,3,6H2,1H3. The van der Waals surface area contributed by atoms with E-state index in [0.29, 0.717) is 13.0 Å². The zero-order valence-corrected chi connectivity index (χ0v) is 10.4. The molecule has 1 N–H and O–H groups in total. The molecular weight excluding hydrogens is 232 g/mol. The molecule has 2 aromatic heterocycles. The van der Waals surface area contributed by atoms with Gasteiger partial charge in [-0.2, -0.15) is 5.26 Å². The molecule has 1 unspecified atom stereocenters. The van der Waals surface area contributed by atoms with Gasteiger partial charge in [-0.1, -0.05) is 6.07 Å². The van der Waals surface area contributed by atoms with E-state index in [9.17, 15) is 0 Å². The molecule has 0 amide bonds. The maximum absolute atomic E-state index is 8.59. The molecule has 0 aliphatic heterocycles. The minimum absolute atomic E-state index is 0.0725. The lowest BCUT2D eigenvalue weighted by molar-refractivity contribution is 0.572. The van der Waals surface area contributed by atoms with Crippen molar-refractivity contribution in [2.45, 2.75) is 12.5 Å². The van der Waals surface area contributed by atoms with Crippen LogP contribution in [0.1, 0.15) is 23.2 Å². The summed E-state index contributed by atoms with van der Waals surface area (Å²) in [6.07, 6.45) is 4.23. The first kappa shape index (κ1) is 11.8. The van der Waals surface area contributed by atoms with Gasteiger partial charge in [0.25, 0.3) is 0 Å². The van der Waals surface area contributed by atoms with E-state index in [1.54, 1.807) is 17.5 Å². The predicted molar refractivity (Wildman–Crippen MR) is 67.6 cm³/mol. The fourth-order valence-electron chi connectivity index (χ4n) is 1.70. The lowest BCUT2D eigenvalue weighted by atomic mass is 10.2. The van der Waals surface area contributed by atoms with Crippen molar-refractivity contribution in [3.8, 4) is 6.07 Å². The molecule has 0 radical (unpaired) electrons. The van der Waals surface area contributed by atoms with Crippen LogP contribution in [0.3, 0.4) is 0 Å². The van der Waals surface area contributed by atoms with E-state index in [0.717, 1.165) is 5.82 Å². The molecule has 4 nitrogen and oxygen atoms in total. The Balaban J connectivity index is 2.20. The van der Waals surface area contributed by atoms with Gasteiger partial charge in [0.15, 0.2) is 0 Å². The highest BCUT2D eigenvalue weighted by Gasteiger charge is 2.18. The second-order valence-corrected chi connectivity index (χ2v) is 4.69. The van der Waals surface area contributed by atoms with Crippen molar-refractivity contribution in [3.63, 3.8) is 0 Å². The van der Waals surface area contributed by atoms with E-state index in [1.165, 1.54) is 4.88 Å². The van der Waals surface area contributed by atoms with Crippen molar-refractivity contribution in [1.29, 1.82) is 5.26 Å². The summed E-state index contributed by atoms with van der Waals surface area (Å²) in [6.45, 7) is 0.673. The molecule has 0 aliphatic rings. The Bertz CT molecular complexity index is 495. The third kappa shape index (κ3) is 2.73. The summed E-state index contributed by atoms with van der Waals surface area (Å²) < 4.78 is 2.00. The van der Waals surface area contributed by atoms with Gasteiger partial charge in [0.1, 0.15) is 11.9 Å². The first-order chi connectivity index (χ1) is 8.33. The fraction of sp³-hybridized carbons (Fsp3) is 0.333. The number of hydrogen-bond acceptors (Lipinski definition) is 4. The Labute approximate surface area is 105 Å². The van der Waals surface area contributed by atoms with E-state index in [2.05, 4.69) is 27.8 Å². The lowest BCUT2D eigenvalue weighted by Crippen LogP contribution is -2.25. The van der Waals surface area contributed by atoms with Crippen LogP contribution < -0.4 is 5.32 Å². The predicted octanol–water partition coefficient (Wildman–Crippen LogP) is 2.07. The summed E-state index contributed by atoms with van der Waals surface area (Å²) in [5.41, 5.74) is 0. The second kappa shape index (κ2) is 5.62. The topological polar surface area (TPSA) is 53.6 Å². The Morgan fingerprint density at radius 2 is 2.53 bits per heavy atom. The number of rotatable bonds is 5. The van der Waals surface area contributed by atoms with E-state index in [1.807, 2.05) is 23.9 Å². The van der Waals surface area contributed by atoms with Crippen LogP contribution in [0.4, 0.5) is 0 Å². The van der Waals surface area contributed by atoms with E-state index >= 15 is 0 Å². The summed E-state index contributed by atoms with van der Waals surface area (Å²) in [7, 11) is 1.98. The maximum atomic E-state index is 8.59. The van der Waals surface area contributed by atoms with Gasteiger partial charge in [-0.25, -0.2) is 4.98 Å². The van der Waals surface area contributed by atoms with E-state index in [-0.39, 0.29) is 6.04 Å². The molecule has 0 saturated heterocycles. The third-order valence-corrected chi connectivity index (χ3v) is 3.47. The van der Waals surface area contributed by atoms with Crippen LogP contribution in [-0.4, -0.2) is 16.1 Å². The van der Waals surface area contributed by atoms with Gasteiger partial charge in [-0.15, -0.1) is 11.3 Å². The molecule has 0 aromatic carbocycles. The van der Waals surface area contributed by atoms with Gasteiger partial charge in [0, 0.05) is 37.3 Å². The largest absolute Gasteiger partial charge is 0.336 e. The maximum Gasteiger partial charge on any atom is 0.131 e.